The van der Waals surface area contributed by atoms with Gasteiger partial charge in [0.15, 0.2) is 0 Å². The Morgan fingerprint density at radius 2 is 1.92 bits per heavy atom. The van der Waals surface area contributed by atoms with Crippen molar-refractivity contribution in [3.63, 3.8) is 0 Å². The van der Waals surface area contributed by atoms with E-state index in [0.29, 0.717) is 13.1 Å². The molecular formula is C9H12FNO. The zero-order chi connectivity index (χ0) is 8.55. The van der Waals surface area contributed by atoms with Gasteiger partial charge in [0.25, 0.3) is 0 Å². The van der Waals surface area contributed by atoms with Crippen LogP contribution in [0.25, 0.3) is 0 Å². The zero-order valence-electron chi connectivity index (χ0n) is 6.87. The number of carbonyl (C=O) groups is 1. The van der Waals surface area contributed by atoms with Crippen molar-refractivity contribution in [2.24, 2.45) is 5.92 Å². The van der Waals surface area contributed by atoms with Crippen LogP contribution < -0.4 is 0 Å². The number of halogens is 1. The minimum Gasteiger partial charge on any atom is -0.336 e. The maximum absolute atomic E-state index is 12.4. The zero-order valence-corrected chi connectivity index (χ0v) is 6.87. The minimum absolute atomic E-state index is 0.109. The van der Waals surface area contributed by atoms with E-state index in [0.717, 1.165) is 12.8 Å². The summed E-state index contributed by atoms with van der Waals surface area (Å²) in [6.45, 7) is 0.630. The summed E-state index contributed by atoms with van der Waals surface area (Å²) in [5.41, 5.74) is 0. The number of allylic oxidation sites excluding steroid dienone is 2. The fraction of sp³-hybridized carbons (Fsp3) is 0.667. The van der Waals surface area contributed by atoms with Gasteiger partial charge in [0.1, 0.15) is 6.17 Å². The topological polar surface area (TPSA) is 20.3 Å². The molecule has 1 heterocycles. The van der Waals surface area contributed by atoms with Gasteiger partial charge < -0.3 is 4.90 Å². The summed E-state index contributed by atoms with van der Waals surface area (Å²) in [7, 11) is 0. The van der Waals surface area contributed by atoms with Crippen molar-refractivity contribution in [1.82, 2.24) is 4.90 Å². The number of hydrogen-bond acceptors (Lipinski definition) is 1. The predicted molar refractivity (Wildman–Crippen MR) is 43.3 cm³/mol. The largest absolute Gasteiger partial charge is 0.336 e. The molecule has 0 aromatic heterocycles. The summed E-state index contributed by atoms with van der Waals surface area (Å²) in [6, 6.07) is 0. The molecule has 2 aliphatic rings. The molecule has 66 valence electrons. The number of nitrogens with zero attached hydrogens (tertiary/aromatic N) is 1. The number of hydrogen-bond donors (Lipinski definition) is 0. The molecule has 0 unspecified atom stereocenters. The van der Waals surface area contributed by atoms with Gasteiger partial charge in [0, 0.05) is 5.92 Å². The van der Waals surface area contributed by atoms with Gasteiger partial charge in [-0.2, -0.15) is 0 Å². The van der Waals surface area contributed by atoms with Gasteiger partial charge in [-0.3, -0.25) is 4.79 Å². The van der Waals surface area contributed by atoms with Crippen LogP contribution in [0.3, 0.4) is 0 Å². The first kappa shape index (κ1) is 7.77. The molecule has 0 bridgehead atoms. The highest BCUT2D eigenvalue weighted by Gasteiger charge is 2.34. The molecule has 0 aromatic carbocycles. The Hall–Kier alpha value is -0.860. The second kappa shape index (κ2) is 2.88. The molecule has 3 heteroatoms. The molecule has 2 nitrogen and oxygen atoms in total. The van der Waals surface area contributed by atoms with E-state index in [2.05, 4.69) is 0 Å². The Morgan fingerprint density at radius 1 is 1.33 bits per heavy atom. The van der Waals surface area contributed by atoms with Crippen LogP contribution in [0.15, 0.2) is 12.2 Å². The quantitative estimate of drug-likeness (QED) is 0.539. The maximum Gasteiger partial charge on any atom is 0.226 e. The predicted octanol–water partition coefficient (Wildman–Crippen LogP) is 1.13. The molecule has 1 amide bonds. The molecule has 1 saturated heterocycles. The Morgan fingerprint density at radius 3 is 2.42 bits per heavy atom. The second-order valence-electron chi connectivity index (χ2n) is 3.48. The molecule has 12 heavy (non-hydrogen) atoms. The monoisotopic (exact) mass is 169 g/mol. The standard InChI is InChI=1S/C9H12FNO/c10-8-5-11(6-8)9(12)7-3-1-2-4-7/h1-2,7-8H,3-6H2. The Balaban J connectivity index is 1.84. The van der Waals surface area contributed by atoms with Gasteiger partial charge in [-0.25, -0.2) is 4.39 Å². The maximum atomic E-state index is 12.4. The van der Waals surface area contributed by atoms with Crippen molar-refractivity contribution in [3.8, 4) is 0 Å². The molecule has 0 saturated carbocycles. The molecule has 2 rings (SSSR count). The molecule has 0 radical (unpaired) electrons. The van der Waals surface area contributed by atoms with Crippen LogP contribution in [-0.2, 0) is 4.79 Å². The van der Waals surface area contributed by atoms with Crippen LogP contribution in [0.4, 0.5) is 4.39 Å². The van der Waals surface area contributed by atoms with E-state index in [-0.39, 0.29) is 11.8 Å². The highest BCUT2D eigenvalue weighted by molar-refractivity contribution is 5.80. The summed E-state index contributed by atoms with van der Waals surface area (Å²) in [5.74, 6) is 0.242. The first-order chi connectivity index (χ1) is 5.77. The Bertz CT molecular complexity index is 213. The second-order valence-corrected chi connectivity index (χ2v) is 3.48. The van der Waals surface area contributed by atoms with Gasteiger partial charge in [0.05, 0.1) is 13.1 Å². The smallest absolute Gasteiger partial charge is 0.226 e. The first-order valence-electron chi connectivity index (χ1n) is 4.35. The van der Waals surface area contributed by atoms with Crippen molar-refractivity contribution >= 4 is 5.91 Å². The van der Waals surface area contributed by atoms with Gasteiger partial charge in [0.2, 0.25) is 5.91 Å². The number of alkyl halides is 1. The Kier molecular flexibility index (Phi) is 1.87. The van der Waals surface area contributed by atoms with Gasteiger partial charge in [-0.1, -0.05) is 12.2 Å². The van der Waals surface area contributed by atoms with E-state index in [1.807, 2.05) is 12.2 Å². The summed E-state index contributed by atoms with van der Waals surface area (Å²) in [4.78, 5) is 13.1. The van der Waals surface area contributed by atoms with E-state index in [4.69, 9.17) is 0 Å². The molecule has 1 aliphatic carbocycles. The minimum atomic E-state index is -0.775. The van der Waals surface area contributed by atoms with E-state index < -0.39 is 6.17 Å². The van der Waals surface area contributed by atoms with Crippen molar-refractivity contribution in [1.29, 1.82) is 0 Å². The molecule has 1 aliphatic heterocycles. The number of likely N-dealkylation sites (tertiary alicyclic amines) is 1. The summed E-state index contributed by atoms with van der Waals surface area (Å²) in [5, 5.41) is 0. The van der Waals surface area contributed by atoms with Crippen molar-refractivity contribution < 1.29 is 9.18 Å². The van der Waals surface area contributed by atoms with Crippen LogP contribution in [0.1, 0.15) is 12.8 Å². The third kappa shape index (κ3) is 1.24. The van der Waals surface area contributed by atoms with Crippen LogP contribution in [-0.4, -0.2) is 30.1 Å². The van der Waals surface area contributed by atoms with Crippen LogP contribution >= 0.6 is 0 Å². The lowest BCUT2D eigenvalue weighted by molar-refractivity contribution is -0.142. The first-order valence-corrected chi connectivity index (χ1v) is 4.35. The van der Waals surface area contributed by atoms with Crippen LogP contribution in [0.2, 0.25) is 0 Å². The van der Waals surface area contributed by atoms with Crippen molar-refractivity contribution in [2.75, 3.05) is 13.1 Å². The average molecular weight is 169 g/mol. The van der Waals surface area contributed by atoms with Gasteiger partial charge >= 0.3 is 0 Å². The molecule has 0 atom stereocenters. The summed E-state index contributed by atoms with van der Waals surface area (Å²) in [6.07, 6.45) is 4.95. The average Bonchev–Trinajstić information content (AvgIpc) is 2.49. The summed E-state index contributed by atoms with van der Waals surface area (Å²) < 4.78 is 12.4. The lowest BCUT2D eigenvalue weighted by Crippen LogP contribution is -2.53. The van der Waals surface area contributed by atoms with Gasteiger partial charge in [-0.15, -0.1) is 0 Å². The van der Waals surface area contributed by atoms with E-state index in [1.54, 1.807) is 4.90 Å². The van der Waals surface area contributed by atoms with E-state index >= 15 is 0 Å². The van der Waals surface area contributed by atoms with E-state index in [9.17, 15) is 9.18 Å². The lowest BCUT2D eigenvalue weighted by atomic mass is 10.0. The number of amides is 1. The SMILES string of the molecule is O=C(C1CC=CC1)N1CC(F)C1. The molecule has 0 aromatic rings. The molecular weight excluding hydrogens is 157 g/mol. The van der Waals surface area contributed by atoms with Crippen LogP contribution in [0.5, 0.6) is 0 Å². The van der Waals surface area contributed by atoms with Gasteiger partial charge in [-0.05, 0) is 12.8 Å². The third-order valence-electron chi connectivity index (χ3n) is 2.51. The fourth-order valence-corrected chi connectivity index (χ4v) is 1.68. The number of carbonyl (C=O) groups excluding carboxylic acids is 1. The van der Waals surface area contributed by atoms with E-state index in [1.165, 1.54) is 0 Å². The highest BCUT2D eigenvalue weighted by atomic mass is 19.1. The van der Waals surface area contributed by atoms with Crippen molar-refractivity contribution in [3.05, 3.63) is 12.2 Å². The summed E-state index contributed by atoms with van der Waals surface area (Å²) >= 11 is 0. The lowest BCUT2D eigenvalue weighted by Gasteiger charge is -2.36. The molecule has 1 fully saturated rings. The van der Waals surface area contributed by atoms with Crippen LogP contribution in [0, 0.1) is 5.92 Å². The number of rotatable bonds is 1. The fourth-order valence-electron chi connectivity index (χ4n) is 1.68. The molecule has 0 N–H and O–H groups in total. The third-order valence-corrected chi connectivity index (χ3v) is 2.51. The Labute approximate surface area is 71.0 Å². The van der Waals surface area contributed by atoms with Crippen molar-refractivity contribution in [2.45, 2.75) is 19.0 Å². The normalized spacial score (nSPS) is 24.6. The highest BCUT2D eigenvalue weighted by Crippen LogP contribution is 2.23. The molecule has 0 spiro atoms.